The van der Waals surface area contributed by atoms with E-state index in [1.54, 1.807) is 0 Å². The fraction of sp³-hybridized carbons (Fsp3) is 0.143. The van der Waals surface area contributed by atoms with Gasteiger partial charge in [-0.05, 0) is 40.3 Å². The Morgan fingerprint density at radius 1 is 1.56 bits per heavy atom. The highest BCUT2D eigenvalue weighted by Gasteiger charge is 2.34. The first kappa shape index (κ1) is 13.3. The molecule has 0 aromatic carbocycles. The summed E-state index contributed by atoms with van der Waals surface area (Å²) < 4.78 is 39.1. The van der Waals surface area contributed by atoms with Crippen LogP contribution in [0.4, 0.5) is 13.2 Å². The number of ether oxygens (including phenoxy) is 1. The predicted octanol–water partition coefficient (Wildman–Crippen LogP) is 2.67. The van der Waals surface area contributed by atoms with Crippen LogP contribution in [0.2, 0.25) is 0 Å². The molecule has 1 aromatic heterocycles. The third kappa shape index (κ3) is 3.37. The molecule has 1 N–H and O–H groups in total. The number of rotatable bonds is 2. The van der Waals surface area contributed by atoms with Crippen molar-refractivity contribution in [2.24, 2.45) is 0 Å². The van der Waals surface area contributed by atoms with Gasteiger partial charge in [0.05, 0.1) is 3.57 Å². The zero-order valence-electron chi connectivity index (χ0n) is 7.18. The Hall–Kier alpha value is -0.770. The number of carbonyl (C=O) groups is 1. The highest BCUT2D eigenvalue weighted by Crippen LogP contribution is 2.33. The van der Waals surface area contributed by atoms with Gasteiger partial charge in [0.1, 0.15) is 5.69 Å². The zero-order valence-corrected chi connectivity index (χ0v) is 10.1. The van der Waals surface area contributed by atoms with Gasteiger partial charge in [0.15, 0.2) is 5.75 Å². The lowest BCUT2D eigenvalue weighted by Gasteiger charge is -2.10. The van der Waals surface area contributed by atoms with Crippen LogP contribution in [0.25, 0.3) is 0 Å². The van der Waals surface area contributed by atoms with Crippen LogP contribution >= 0.6 is 34.2 Å². The van der Waals surface area contributed by atoms with Crippen molar-refractivity contribution >= 4 is 39.4 Å². The maximum atomic E-state index is 11.9. The van der Waals surface area contributed by atoms with Gasteiger partial charge in [0.2, 0.25) is 0 Å². The number of aromatic nitrogens is 1. The van der Waals surface area contributed by atoms with Crippen molar-refractivity contribution in [2.75, 3.05) is 0 Å². The summed E-state index contributed by atoms with van der Waals surface area (Å²) in [6, 6.07) is 1.04. The van der Waals surface area contributed by atoms with Crippen LogP contribution in [0.3, 0.4) is 0 Å². The third-order valence-electron chi connectivity index (χ3n) is 1.33. The van der Waals surface area contributed by atoms with Crippen LogP contribution in [0, 0.1) is 3.57 Å². The molecule has 1 aromatic rings. The predicted molar refractivity (Wildman–Crippen MR) is 55.5 cm³/mol. The SMILES string of the molecule is O=C(Cl)c1cc(I)c(O)c(OC(F)(F)F)n1. The van der Waals surface area contributed by atoms with Gasteiger partial charge in [-0.25, -0.2) is 4.98 Å². The highest BCUT2D eigenvalue weighted by atomic mass is 127. The van der Waals surface area contributed by atoms with Gasteiger partial charge < -0.3 is 9.84 Å². The number of hydrogen-bond acceptors (Lipinski definition) is 4. The molecule has 1 heterocycles. The maximum absolute atomic E-state index is 11.9. The van der Waals surface area contributed by atoms with Crippen molar-refractivity contribution in [3.8, 4) is 11.6 Å². The van der Waals surface area contributed by atoms with Crippen molar-refractivity contribution in [1.29, 1.82) is 0 Å². The third-order valence-corrected chi connectivity index (χ3v) is 2.34. The van der Waals surface area contributed by atoms with Crippen LogP contribution in [0.5, 0.6) is 11.6 Å². The first-order chi connectivity index (χ1) is 7.20. The second-order valence-corrected chi connectivity index (χ2v) is 3.97. The molecular formula is C7H2ClF3INO3. The summed E-state index contributed by atoms with van der Waals surface area (Å²) in [7, 11) is 0. The minimum absolute atomic E-state index is 0.0316. The van der Waals surface area contributed by atoms with E-state index in [0.29, 0.717) is 0 Å². The van der Waals surface area contributed by atoms with Gasteiger partial charge in [-0.15, -0.1) is 13.2 Å². The first-order valence-electron chi connectivity index (χ1n) is 3.56. The van der Waals surface area contributed by atoms with E-state index in [1.807, 2.05) is 0 Å². The van der Waals surface area contributed by atoms with Gasteiger partial charge in [-0.3, -0.25) is 4.79 Å². The Balaban J connectivity index is 3.22. The standard InChI is InChI=1S/C7H2ClF3INO3/c8-5(15)3-1-2(12)4(14)6(13-3)16-7(9,10)11/h1,14H. The molecular weight excluding hydrogens is 365 g/mol. The second kappa shape index (κ2) is 4.62. The summed E-state index contributed by atoms with van der Waals surface area (Å²) in [5.41, 5.74) is -0.442. The molecule has 0 bridgehead atoms. The quantitative estimate of drug-likeness (QED) is 0.645. The number of hydrogen-bond donors (Lipinski definition) is 1. The molecule has 0 radical (unpaired) electrons. The van der Waals surface area contributed by atoms with Crippen molar-refractivity contribution < 1.29 is 27.8 Å². The molecule has 0 aliphatic heterocycles. The Morgan fingerprint density at radius 2 is 2.12 bits per heavy atom. The van der Waals surface area contributed by atoms with E-state index in [0.717, 1.165) is 6.07 Å². The van der Waals surface area contributed by atoms with Gasteiger partial charge in [-0.2, -0.15) is 0 Å². The van der Waals surface area contributed by atoms with Gasteiger partial charge >= 0.3 is 6.36 Å². The summed E-state index contributed by atoms with van der Waals surface area (Å²) in [5.74, 6) is -1.91. The summed E-state index contributed by atoms with van der Waals surface area (Å²) in [6.45, 7) is 0. The minimum atomic E-state index is -5.01. The number of aromatic hydroxyl groups is 1. The number of alkyl halides is 3. The Bertz CT molecular complexity index is 438. The monoisotopic (exact) mass is 367 g/mol. The minimum Gasteiger partial charge on any atom is -0.502 e. The lowest BCUT2D eigenvalue weighted by atomic mass is 10.3. The molecule has 16 heavy (non-hydrogen) atoms. The van der Waals surface area contributed by atoms with E-state index in [1.165, 1.54) is 22.6 Å². The Labute approximate surface area is 106 Å². The second-order valence-electron chi connectivity index (χ2n) is 2.46. The molecule has 1 rings (SSSR count). The maximum Gasteiger partial charge on any atom is 0.574 e. The number of pyridine rings is 1. The van der Waals surface area contributed by atoms with E-state index in [4.69, 9.17) is 11.6 Å². The first-order valence-corrected chi connectivity index (χ1v) is 5.01. The summed E-state index contributed by atoms with van der Waals surface area (Å²) >= 11 is 6.56. The van der Waals surface area contributed by atoms with Crippen LogP contribution in [0.15, 0.2) is 6.07 Å². The van der Waals surface area contributed by atoms with E-state index in [-0.39, 0.29) is 3.57 Å². The molecule has 88 valence electrons. The number of carbonyl (C=O) groups excluding carboxylic acids is 1. The normalized spacial score (nSPS) is 11.3. The van der Waals surface area contributed by atoms with Gasteiger partial charge in [-0.1, -0.05) is 0 Å². The topological polar surface area (TPSA) is 59.4 Å². The van der Waals surface area contributed by atoms with Crippen molar-refractivity contribution in [1.82, 2.24) is 4.98 Å². The smallest absolute Gasteiger partial charge is 0.502 e. The number of halogens is 5. The van der Waals surface area contributed by atoms with Crippen molar-refractivity contribution in [3.63, 3.8) is 0 Å². The van der Waals surface area contributed by atoms with Gasteiger partial charge in [0, 0.05) is 0 Å². The summed E-state index contributed by atoms with van der Waals surface area (Å²) in [6.07, 6.45) is -5.01. The summed E-state index contributed by atoms with van der Waals surface area (Å²) in [4.78, 5) is 13.8. The van der Waals surface area contributed by atoms with E-state index in [9.17, 15) is 23.1 Å². The zero-order chi connectivity index (χ0) is 12.5. The molecule has 0 aliphatic carbocycles. The van der Waals surface area contributed by atoms with Crippen LogP contribution in [0.1, 0.15) is 10.5 Å². The average Bonchev–Trinajstić information content (AvgIpc) is 2.10. The fourth-order valence-corrected chi connectivity index (χ4v) is 1.39. The van der Waals surface area contributed by atoms with Crippen molar-refractivity contribution in [2.45, 2.75) is 6.36 Å². The lowest BCUT2D eigenvalue weighted by molar-refractivity contribution is -0.276. The number of nitrogens with zero attached hydrogens (tertiary/aromatic N) is 1. The Kier molecular flexibility index (Phi) is 3.84. The molecule has 0 aliphatic rings. The lowest BCUT2D eigenvalue weighted by Crippen LogP contribution is -2.18. The molecule has 9 heteroatoms. The molecule has 0 amide bonds. The van der Waals surface area contributed by atoms with Crippen molar-refractivity contribution in [3.05, 3.63) is 15.3 Å². The molecule has 0 fully saturated rings. The van der Waals surface area contributed by atoms with Crippen LogP contribution in [-0.4, -0.2) is 21.7 Å². The fourth-order valence-electron chi connectivity index (χ4n) is 0.767. The molecule has 0 saturated carbocycles. The average molecular weight is 367 g/mol. The largest absolute Gasteiger partial charge is 0.574 e. The highest BCUT2D eigenvalue weighted by molar-refractivity contribution is 14.1. The van der Waals surface area contributed by atoms with E-state index in [2.05, 4.69) is 9.72 Å². The van der Waals surface area contributed by atoms with E-state index < -0.39 is 28.9 Å². The van der Waals surface area contributed by atoms with Crippen LogP contribution in [-0.2, 0) is 0 Å². The van der Waals surface area contributed by atoms with E-state index >= 15 is 0 Å². The summed E-state index contributed by atoms with van der Waals surface area (Å²) in [5, 5.41) is 8.17. The molecule has 0 unspecified atom stereocenters. The molecule has 0 spiro atoms. The Morgan fingerprint density at radius 3 is 2.56 bits per heavy atom. The molecule has 0 saturated heterocycles. The molecule has 0 atom stereocenters. The van der Waals surface area contributed by atoms with Gasteiger partial charge in [0.25, 0.3) is 11.1 Å². The van der Waals surface area contributed by atoms with Crippen LogP contribution < -0.4 is 4.74 Å². The molecule has 4 nitrogen and oxygen atoms in total.